The number of carbonyl (C=O) groups is 2. The van der Waals surface area contributed by atoms with Gasteiger partial charge in [-0.25, -0.2) is 9.59 Å². The zero-order valence-corrected chi connectivity index (χ0v) is 13.9. The number of benzene rings is 1. The zero-order chi connectivity index (χ0) is 17.4. The number of amides is 2. The lowest BCUT2D eigenvalue weighted by molar-refractivity contribution is -0.141. The fraction of sp³-hybridized carbons (Fsp3) is 0.438. The van der Waals surface area contributed by atoms with E-state index in [1.807, 2.05) is 0 Å². The number of rotatable bonds is 5. The Morgan fingerprint density at radius 2 is 1.87 bits per heavy atom. The first kappa shape index (κ1) is 17.0. The molecule has 2 atom stereocenters. The second-order valence-electron chi connectivity index (χ2n) is 5.54. The Hall–Kier alpha value is -2.41. The van der Waals surface area contributed by atoms with Gasteiger partial charge in [0.2, 0.25) is 0 Å². The molecule has 1 aliphatic rings. The summed E-state index contributed by atoms with van der Waals surface area (Å²) >= 11 is 0. The minimum atomic E-state index is -1.04. The Morgan fingerprint density at radius 1 is 1.30 bits per heavy atom. The van der Waals surface area contributed by atoms with E-state index in [1.54, 1.807) is 33.0 Å². The zero-order valence-electron chi connectivity index (χ0n) is 13.9. The van der Waals surface area contributed by atoms with Crippen molar-refractivity contribution in [2.45, 2.75) is 26.3 Å². The lowest BCUT2D eigenvalue weighted by Crippen LogP contribution is -2.61. The minimum absolute atomic E-state index is 0.292. The number of methoxy groups -OCH3 is 2. The van der Waals surface area contributed by atoms with Crippen LogP contribution in [0.25, 0.3) is 0 Å². The highest BCUT2D eigenvalue weighted by atomic mass is 16.5. The molecule has 0 fully saturated rings. The van der Waals surface area contributed by atoms with E-state index in [-0.39, 0.29) is 0 Å². The van der Waals surface area contributed by atoms with Crippen LogP contribution in [0.5, 0.6) is 11.5 Å². The number of ether oxygens (including phenoxy) is 2. The molecule has 1 N–H and O–H groups in total. The summed E-state index contributed by atoms with van der Waals surface area (Å²) in [6, 6.07) is 1.95. The number of hydrogen-bond acceptors (Lipinski definition) is 4. The van der Waals surface area contributed by atoms with Crippen LogP contribution >= 0.6 is 0 Å². The molecule has 7 heteroatoms. The number of aliphatic carboxylic acids is 1. The van der Waals surface area contributed by atoms with Crippen LogP contribution in [0, 0.1) is 0 Å². The predicted octanol–water partition coefficient (Wildman–Crippen LogP) is 2.45. The number of carboxylic acid groups (broad SMARTS) is 1. The summed E-state index contributed by atoms with van der Waals surface area (Å²) in [5.41, 5.74) is 1.76. The molecule has 7 nitrogen and oxygen atoms in total. The quantitative estimate of drug-likeness (QED) is 0.842. The average molecular weight is 321 g/mol. The van der Waals surface area contributed by atoms with Gasteiger partial charge in [0.25, 0.3) is 0 Å². The van der Waals surface area contributed by atoms with Gasteiger partial charge < -0.3 is 14.6 Å². The van der Waals surface area contributed by atoms with Crippen LogP contribution in [0.15, 0.2) is 17.1 Å². The van der Waals surface area contributed by atoms with Crippen LogP contribution < -0.4 is 14.0 Å². The van der Waals surface area contributed by atoms with E-state index in [0.717, 1.165) is 0 Å². The maximum atomic E-state index is 12.6. The number of urea groups is 1. The molecule has 2 rings (SSSR count). The van der Waals surface area contributed by atoms with Crippen molar-refractivity contribution < 1.29 is 24.2 Å². The lowest BCUT2D eigenvalue weighted by atomic mass is 9.99. The summed E-state index contributed by atoms with van der Waals surface area (Å²) in [6.07, 6.45) is 0.292. The SMILES string of the molecule is CCC(C(=O)O)[N+]1(C)C(=O)N=C(C)c2cc(OC)c(OC)cc21. The third-order valence-corrected chi connectivity index (χ3v) is 4.35. The molecule has 1 aliphatic heterocycles. The van der Waals surface area contributed by atoms with Crippen LogP contribution in [-0.2, 0) is 4.79 Å². The highest BCUT2D eigenvalue weighted by Crippen LogP contribution is 2.42. The molecule has 0 aromatic heterocycles. The van der Waals surface area contributed by atoms with Crippen LogP contribution in [0.2, 0.25) is 0 Å². The molecule has 124 valence electrons. The summed E-state index contributed by atoms with van der Waals surface area (Å²) < 4.78 is 10.2. The Morgan fingerprint density at radius 3 is 2.35 bits per heavy atom. The highest BCUT2D eigenvalue weighted by Gasteiger charge is 2.50. The summed E-state index contributed by atoms with van der Waals surface area (Å²) in [5.74, 6) is -0.0951. The van der Waals surface area contributed by atoms with Gasteiger partial charge in [0.15, 0.2) is 23.2 Å². The van der Waals surface area contributed by atoms with Crippen molar-refractivity contribution in [2.75, 3.05) is 21.3 Å². The van der Waals surface area contributed by atoms with Crippen LogP contribution in [0.1, 0.15) is 25.8 Å². The van der Waals surface area contributed by atoms with Crippen molar-refractivity contribution in [3.8, 4) is 11.5 Å². The van der Waals surface area contributed by atoms with Crippen LogP contribution in [-0.4, -0.2) is 50.1 Å². The third kappa shape index (κ3) is 2.46. The smallest absolute Gasteiger partial charge is 0.448 e. The minimum Gasteiger partial charge on any atom is -0.493 e. The summed E-state index contributed by atoms with van der Waals surface area (Å²) in [6.45, 7) is 3.45. The summed E-state index contributed by atoms with van der Waals surface area (Å²) in [7, 11) is 4.59. The normalized spacial score (nSPS) is 21.3. The van der Waals surface area contributed by atoms with Gasteiger partial charge in [-0.1, -0.05) is 6.92 Å². The Balaban J connectivity index is 2.79. The monoisotopic (exact) mass is 321 g/mol. The van der Waals surface area contributed by atoms with E-state index in [1.165, 1.54) is 14.2 Å². The molecule has 2 unspecified atom stereocenters. The molecule has 0 bridgehead atoms. The van der Waals surface area contributed by atoms with Crippen molar-refractivity contribution in [2.24, 2.45) is 4.99 Å². The Labute approximate surface area is 134 Å². The van der Waals surface area contributed by atoms with Crippen LogP contribution in [0.3, 0.4) is 0 Å². The van der Waals surface area contributed by atoms with E-state index in [2.05, 4.69) is 4.99 Å². The third-order valence-electron chi connectivity index (χ3n) is 4.35. The number of carbonyl (C=O) groups excluding carboxylic acids is 1. The molecule has 1 aromatic carbocycles. The van der Waals surface area contributed by atoms with Crippen molar-refractivity contribution in [3.05, 3.63) is 17.7 Å². The van der Waals surface area contributed by atoms with Crippen molar-refractivity contribution >= 4 is 23.4 Å². The van der Waals surface area contributed by atoms with Crippen molar-refractivity contribution in [1.82, 2.24) is 4.48 Å². The number of carboxylic acids is 1. The number of quaternary nitrogens is 1. The maximum Gasteiger partial charge on any atom is 0.448 e. The van der Waals surface area contributed by atoms with E-state index in [0.29, 0.717) is 34.9 Å². The van der Waals surface area contributed by atoms with Crippen molar-refractivity contribution in [3.63, 3.8) is 0 Å². The molecule has 0 saturated heterocycles. The summed E-state index contributed by atoms with van der Waals surface area (Å²) in [4.78, 5) is 28.3. The molecule has 0 radical (unpaired) electrons. The van der Waals surface area contributed by atoms with Gasteiger partial charge in [-0.15, -0.1) is 0 Å². The average Bonchev–Trinajstić information content (AvgIpc) is 2.52. The largest absolute Gasteiger partial charge is 0.493 e. The highest BCUT2D eigenvalue weighted by molar-refractivity contribution is 6.15. The molecule has 0 saturated carbocycles. The first-order valence-corrected chi connectivity index (χ1v) is 7.27. The Bertz CT molecular complexity index is 698. The van der Waals surface area contributed by atoms with Gasteiger partial charge in [0.05, 0.1) is 32.5 Å². The molecule has 2 amide bonds. The molecule has 23 heavy (non-hydrogen) atoms. The van der Waals surface area contributed by atoms with E-state index < -0.39 is 22.5 Å². The molecule has 0 aliphatic carbocycles. The van der Waals surface area contributed by atoms with Crippen molar-refractivity contribution in [1.29, 1.82) is 0 Å². The maximum absolute atomic E-state index is 12.6. The first-order valence-electron chi connectivity index (χ1n) is 7.27. The number of fused-ring (bicyclic) bond motifs is 1. The standard InChI is InChI=1S/C16H20N2O5/c1-6-11(15(19)20)18(3)12-8-14(23-5)13(22-4)7-10(12)9(2)17-16(18)21/h7-8,11H,6H2,1-5H3/p+1. The first-order chi connectivity index (χ1) is 10.8. The Kier molecular flexibility index (Phi) is 4.42. The molecule has 1 aromatic rings. The van der Waals surface area contributed by atoms with Gasteiger partial charge in [0.1, 0.15) is 0 Å². The molecular weight excluding hydrogens is 300 g/mol. The second kappa shape index (κ2) is 6.00. The molecule has 1 heterocycles. The topological polar surface area (TPSA) is 85.2 Å². The fourth-order valence-corrected chi connectivity index (χ4v) is 3.01. The fourth-order valence-electron chi connectivity index (χ4n) is 3.01. The van der Waals surface area contributed by atoms with E-state index in [9.17, 15) is 14.7 Å². The van der Waals surface area contributed by atoms with E-state index in [4.69, 9.17) is 9.47 Å². The number of aliphatic imine (C=N–C) groups is 1. The molecular formula is C16H21N2O5+. The number of likely N-dealkylation sites (N-methyl/N-ethyl adjacent to an activating group) is 1. The van der Waals surface area contributed by atoms with Crippen LogP contribution in [0.4, 0.5) is 10.5 Å². The van der Waals surface area contributed by atoms with Gasteiger partial charge >= 0.3 is 12.0 Å². The molecule has 0 spiro atoms. The predicted molar refractivity (Wildman–Crippen MR) is 86.6 cm³/mol. The second-order valence-corrected chi connectivity index (χ2v) is 5.54. The summed E-state index contributed by atoms with van der Waals surface area (Å²) in [5, 5.41) is 9.55. The van der Waals surface area contributed by atoms with Gasteiger partial charge in [-0.2, -0.15) is 9.48 Å². The van der Waals surface area contributed by atoms with E-state index >= 15 is 0 Å². The lowest BCUT2D eigenvalue weighted by Gasteiger charge is -2.37. The van der Waals surface area contributed by atoms with Gasteiger partial charge in [0, 0.05) is 12.5 Å². The van der Waals surface area contributed by atoms with Gasteiger partial charge in [-0.3, -0.25) is 0 Å². The number of nitrogens with zero attached hydrogens (tertiary/aromatic N) is 2. The van der Waals surface area contributed by atoms with Gasteiger partial charge in [-0.05, 0) is 13.0 Å². The number of hydrogen-bond donors (Lipinski definition) is 1.